The van der Waals surface area contributed by atoms with Crippen molar-refractivity contribution in [2.24, 2.45) is 0 Å². The fourth-order valence-electron chi connectivity index (χ4n) is 1.28. The van der Waals surface area contributed by atoms with Crippen molar-refractivity contribution in [3.05, 3.63) is 54.6 Å². The van der Waals surface area contributed by atoms with Gasteiger partial charge in [0.2, 0.25) is 6.43 Å². The second-order valence-electron chi connectivity index (χ2n) is 3.43. The van der Waals surface area contributed by atoms with Gasteiger partial charge < -0.3 is 5.11 Å². The summed E-state index contributed by atoms with van der Waals surface area (Å²) in [6, 6.07) is 17.3. The Balaban J connectivity index is 0.000000317. The normalized spacial score (nSPS) is 9.65. The summed E-state index contributed by atoms with van der Waals surface area (Å²) in [6.45, 7) is 0.833. The van der Waals surface area contributed by atoms with E-state index < -0.39 is 6.43 Å². The minimum atomic E-state index is -2.17. The summed E-state index contributed by atoms with van der Waals surface area (Å²) in [5.74, 6) is 0.305. The molecule has 0 atom stereocenters. The summed E-state index contributed by atoms with van der Waals surface area (Å²) in [5, 5.41) is 9.10. The van der Waals surface area contributed by atoms with E-state index in [4.69, 9.17) is 5.11 Å². The first-order valence-electron chi connectivity index (χ1n) is 5.22. The predicted molar refractivity (Wildman–Crippen MR) is 65.2 cm³/mol. The molecule has 17 heavy (non-hydrogen) atoms. The molecule has 90 valence electrons. The lowest BCUT2D eigenvalue weighted by Gasteiger charge is -2.00. The number of phenolic OH excluding ortho intramolecular Hbond substituents is 1. The first kappa shape index (κ1) is 13.2. The van der Waals surface area contributed by atoms with Crippen LogP contribution in [0.1, 0.15) is 6.92 Å². The highest BCUT2D eigenvalue weighted by atomic mass is 19.3. The van der Waals surface area contributed by atoms with E-state index in [9.17, 15) is 8.78 Å². The monoisotopic (exact) mass is 236 g/mol. The van der Waals surface area contributed by atoms with Crippen molar-refractivity contribution in [2.75, 3.05) is 0 Å². The molecule has 0 amide bonds. The zero-order valence-electron chi connectivity index (χ0n) is 9.48. The van der Waals surface area contributed by atoms with Crippen LogP contribution in [0.4, 0.5) is 8.78 Å². The maximum Gasteiger partial charge on any atom is 0.235 e. The van der Waals surface area contributed by atoms with Gasteiger partial charge in [-0.2, -0.15) is 0 Å². The fraction of sp³-hybridized carbons (Fsp3) is 0.143. The Morgan fingerprint density at radius 3 is 1.71 bits per heavy atom. The smallest absolute Gasteiger partial charge is 0.235 e. The van der Waals surface area contributed by atoms with Crippen LogP contribution >= 0.6 is 0 Å². The molecule has 0 heterocycles. The van der Waals surface area contributed by atoms with Crippen molar-refractivity contribution in [2.45, 2.75) is 13.3 Å². The summed E-state index contributed by atoms with van der Waals surface area (Å²) in [7, 11) is 0. The third kappa shape index (κ3) is 5.11. The number of halogens is 2. The van der Waals surface area contributed by atoms with E-state index in [1.807, 2.05) is 42.5 Å². The molecular weight excluding hydrogens is 222 g/mol. The van der Waals surface area contributed by atoms with Crippen LogP contribution in [0.15, 0.2) is 54.6 Å². The Hall–Kier alpha value is -1.90. The lowest BCUT2D eigenvalue weighted by atomic mass is 10.1. The SMILES string of the molecule is CC(F)F.Oc1ccc(-c2ccccc2)cc1. The minimum absolute atomic E-state index is 0.305. The van der Waals surface area contributed by atoms with Gasteiger partial charge in [-0.05, 0) is 30.2 Å². The van der Waals surface area contributed by atoms with E-state index in [0.29, 0.717) is 5.75 Å². The third-order valence-electron chi connectivity index (χ3n) is 1.97. The molecule has 0 spiro atoms. The molecule has 0 radical (unpaired) electrons. The molecule has 2 aromatic carbocycles. The molecule has 2 aromatic rings. The van der Waals surface area contributed by atoms with Gasteiger partial charge in [-0.15, -0.1) is 0 Å². The van der Waals surface area contributed by atoms with Crippen LogP contribution in [-0.2, 0) is 0 Å². The Kier molecular flexibility index (Phi) is 5.14. The van der Waals surface area contributed by atoms with Crippen molar-refractivity contribution < 1.29 is 13.9 Å². The van der Waals surface area contributed by atoms with Gasteiger partial charge in [0.25, 0.3) is 0 Å². The molecule has 0 bridgehead atoms. The molecule has 3 heteroatoms. The summed E-state index contributed by atoms with van der Waals surface area (Å²) in [5.41, 5.74) is 2.29. The minimum Gasteiger partial charge on any atom is -0.508 e. The zero-order chi connectivity index (χ0) is 12.7. The number of aromatic hydroxyl groups is 1. The number of phenols is 1. The average Bonchev–Trinajstić information content (AvgIpc) is 2.30. The molecule has 0 saturated carbocycles. The van der Waals surface area contributed by atoms with Gasteiger partial charge in [-0.25, -0.2) is 8.78 Å². The van der Waals surface area contributed by atoms with Crippen LogP contribution in [-0.4, -0.2) is 11.5 Å². The highest BCUT2D eigenvalue weighted by Crippen LogP contribution is 2.20. The maximum atomic E-state index is 10.3. The zero-order valence-corrected chi connectivity index (χ0v) is 9.48. The van der Waals surface area contributed by atoms with E-state index in [2.05, 4.69) is 0 Å². The molecule has 0 aliphatic heterocycles. The average molecular weight is 236 g/mol. The Morgan fingerprint density at radius 1 is 0.824 bits per heavy atom. The topological polar surface area (TPSA) is 20.2 Å². The van der Waals surface area contributed by atoms with E-state index >= 15 is 0 Å². The summed E-state index contributed by atoms with van der Waals surface area (Å²) in [4.78, 5) is 0. The highest BCUT2D eigenvalue weighted by Gasteiger charge is 1.94. The van der Waals surface area contributed by atoms with Crippen molar-refractivity contribution >= 4 is 0 Å². The van der Waals surface area contributed by atoms with Gasteiger partial charge in [0.15, 0.2) is 0 Å². The van der Waals surface area contributed by atoms with Crippen LogP contribution < -0.4 is 0 Å². The van der Waals surface area contributed by atoms with E-state index in [0.717, 1.165) is 12.5 Å². The van der Waals surface area contributed by atoms with Gasteiger partial charge in [-0.1, -0.05) is 42.5 Å². The van der Waals surface area contributed by atoms with Crippen LogP contribution in [0.3, 0.4) is 0 Å². The molecule has 2 rings (SSSR count). The van der Waals surface area contributed by atoms with Crippen molar-refractivity contribution in [1.29, 1.82) is 0 Å². The largest absolute Gasteiger partial charge is 0.508 e. The summed E-state index contributed by atoms with van der Waals surface area (Å²) in [6.07, 6.45) is -2.17. The van der Waals surface area contributed by atoms with E-state index in [1.165, 1.54) is 5.56 Å². The van der Waals surface area contributed by atoms with Gasteiger partial charge in [0, 0.05) is 0 Å². The number of alkyl halides is 2. The number of rotatable bonds is 1. The molecule has 0 aliphatic carbocycles. The van der Waals surface area contributed by atoms with Crippen LogP contribution in [0.5, 0.6) is 5.75 Å². The molecule has 0 unspecified atom stereocenters. The van der Waals surface area contributed by atoms with Crippen molar-refractivity contribution in [3.63, 3.8) is 0 Å². The molecule has 1 N–H and O–H groups in total. The van der Waals surface area contributed by atoms with E-state index in [-0.39, 0.29) is 0 Å². The third-order valence-corrected chi connectivity index (χ3v) is 1.97. The van der Waals surface area contributed by atoms with Crippen LogP contribution in [0.25, 0.3) is 11.1 Å². The number of hydrogen-bond acceptors (Lipinski definition) is 1. The Morgan fingerprint density at radius 2 is 1.24 bits per heavy atom. The maximum absolute atomic E-state index is 10.3. The van der Waals surface area contributed by atoms with Gasteiger partial charge in [0.1, 0.15) is 5.75 Å². The van der Waals surface area contributed by atoms with Gasteiger partial charge in [-0.3, -0.25) is 0 Å². The molecule has 0 saturated heterocycles. The summed E-state index contributed by atoms with van der Waals surface area (Å²) < 4.78 is 20.7. The first-order chi connectivity index (χ1) is 8.09. The second kappa shape index (κ2) is 6.63. The first-order valence-corrected chi connectivity index (χ1v) is 5.22. The van der Waals surface area contributed by atoms with E-state index in [1.54, 1.807) is 12.1 Å². The standard InChI is InChI=1S/C12H10O.C2H4F2/c13-12-8-6-11(7-9-12)10-4-2-1-3-5-10;1-2(3)4/h1-9,13H;2H,1H3. The summed E-state index contributed by atoms with van der Waals surface area (Å²) >= 11 is 0. The Bertz CT molecular complexity index is 421. The van der Waals surface area contributed by atoms with Crippen LogP contribution in [0, 0.1) is 0 Å². The van der Waals surface area contributed by atoms with Gasteiger partial charge in [0.05, 0.1) is 0 Å². The number of benzene rings is 2. The predicted octanol–water partition coefficient (Wildman–Crippen LogP) is 4.33. The van der Waals surface area contributed by atoms with Crippen molar-refractivity contribution in [1.82, 2.24) is 0 Å². The molecular formula is C14H14F2O. The molecule has 0 aromatic heterocycles. The van der Waals surface area contributed by atoms with Crippen LogP contribution in [0.2, 0.25) is 0 Å². The Labute approximate surface area is 99.3 Å². The van der Waals surface area contributed by atoms with Crippen molar-refractivity contribution in [3.8, 4) is 16.9 Å². The lowest BCUT2D eigenvalue weighted by Crippen LogP contribution is -1.74. The second-order valence-corrected chi connectivity index (χ2v) is 3.43. The quantitative estimate of drug-likeness (QED) is 0.781. The number of hydrogen-bond donors (Lipinski definition) is 1. The lowest BCUT2D eigenvalue weighted by molar-refractivity contribution is 0.171. The van der Waals surface area contributed by atoms with Gasteiger partial charge >= 0.3 is 0 Å². The highest BCUT2D eigenvalue weighted by molar-refractivity contribution is 5.63. The molecule has 1 nitrogen and oxygen atoms in total. The molecule has 0 fully saturated rings. The molecule has 0 aliphatic rings. The fourth-order valence-corrected chi connectivity index (χ4v) is 1.28.